The fourth-order valence-corrected chi connectivity index (χ4v) is 2.70. The number of carbonyl (C=O) groups is 1. The zero-order valence-electron chi connectivity index (χ0n) is 13.9. The van der Waals surface area contributed by atoms with E-state index in [0.717, 1.165) is 0 Å². The highest BCUT2D eigenvalue weighted by atomic mass is 32.1. The summed E-state index contributed by atoms with van der Waals surface area (Å²) in [7, 11) is 0. The van der Waals surface area contributed by atoms with Crippen LogP contribution < -0.4 is 14.8 Å². The van der Waals surface area contributed by atoms with Crippen LogP contribution in [-0.4, -0.2) is 17.0 Å². The van der Waals surface area contributed by atoms with Gasteiger partial charge in [-0.05, 0) is 38.1 Å². The molecule has 6 heteroatoms. The summed E-state index contributed by atoms with van der Waals surface area (Å²) >= 11 is 1.36. The second-order valence-corrected chi connectivity index (χ2v) is 6.46. The van der Waals surface area contributed by atoms with E-state index in [1.165, 1.54) is 11.3 Å². The molecule has 128 valence electrons. The molecule has 25 heavy (non-hydrogen) atoms. The van der Waals surface area contributed by atoms with E-state index in [4.69, 9.17) is 9.47 Å². The highest BCUT2D eigenvalue weighted by molar-refractivity contribution is 7.13. The number of para-hydroxylation sites is 1. The summed E-state index contributed by atoms with van der Waals surface area (Å²) in [6, 6.07) is 14.5. The number of hydrogen-bond acceptors (Lipinski definition) is 5. The van der Waals surface area contributed by atoms with Crippen molar-refractivity contribution >= 4 is 22.4 Å². The summed E-state index contributed by atoms with van der Waals surface area (Å²) in [5.74, 6) is 1.54. The quantitative estimate of drug-likeness (QED) is 0.678. The van der Waals surface area contributed by atoms with Gasteiger partial charge in [0, 0.05) is 23.2 Å². The van der Waals surface area contributed by atoms with Crippen molar-refractivity contribution in [2.75, 3.05) is 5.32 Å². The first-order chi connectivity index (χ1) is 12.1. The van der Waals surface area contributed by atoms with Crippen LogP contribution >= 0.6 is 11.3 Å². The van der Waals surface area contributed by atoms with E-state index in [2.05, 4.69) is 10.3 Å². The van der Waals surface area contributed by atoms with E-state index in [9.17, 15) is 4.79 Å². The van der Waals surface area contributed by atoms with Crippen molar-refractivity contribution in [3.05, 3.63) is 65.7 Å². The Bertz CT molecular complexity index is 833. The van der Waals surface area contributed by atoms with Crippen LogP contribution in [0.1, 0.15) is 24.2 Å². The van der Waals surface area contributed by atoms with Crippen molar-refractivity contribution in [2.24, 2.45) is 0 Å². The van der Waals surface area contributed by atoms with Gasteiger partial charge in [0.1, 0.15) is 17.2 Å². The lowest BCUT2D eigenvalue weighted by molar-refractivity contribution is 0.102. The number of benzene rings is 2. The Morgan fingerprint density at radius 2 is 1.84 bits per heavy atom. The van der Waals surface area contributed by atoms with Crippen LogP contribution in [-0.2, 0) is 0 Å². The number of aromatic nitrogens is 1. The number of rotatable bonds is 6. The van der Waals surface area contributed by atoms with Crippen LogP contribution in [0.15, 0.2) is 60.1 Å². The zero-order chi connectivity index (χ0) is 17.6. The number of thiazole rings is 1. The number of amides is 1. The molecule has 0 saturated heterocycles. The molecule has 3 aromatic rings. The first-order valence-corrected chi connectivity index (χ1v) is 8.73. The third-order valence-electron chi connectivity index (χ3n) is 3.15. The Kier molecular flexibility index (Phi) is 5.30. The van der Waals surface area contributed by atoms with Crippen LogP contribution in [0.5, 0.6) is 17.2 Å². The highest BCUT2D eigenvalue weighted by Crippen LogP contribution is 2.28. The average Bonchev–Trinajstić information content (AvgIpc) is 3.08. The van der Waals surface area contributed by atoms with Gasteiger partial charge in [-0.3, -0.25) is 10.1 Å². The Labute approximate surface area is 150 Å². The van der Waals surface area contributed by atoms with Gasteiger partial charge in [0.05, 0.1) is 6.10 Å². The maximum atomic E-state index is 12.5. The molecule has 3 rings (SSSR count). The van der Waals surface area contributed by atoms with E-state index in [0.29, 0.717) is 27.9 Å². The topological polar surface area (TPSA) is 60.5 Å². The third kappa shape index (κ3) is 4.81. The number of nitrogens with zero attached hydrogens (tertiary/aromatic N) is 1. The summed E-state index contributed by atoms with van der Waals surface area (Å²) in [6.07, 6.45) is 1.63. The first kappa shape index (κ1) is 17.0. The van der Waals surface area contributed by atoms with Gasteiger partial charge in [0.2, 0.25) is 0 Å². The SMILES string of the molecule is CC(C)Oc1cc(Oc2ccccc2)cc(C(=O)Nc2nccs2)c1. The summed E-state index contributed by atoms with van der Waals surface area (Å²) in [5, 5.41) is 5.12. The standard InChI is InChI=1S/C19H18N2O3S/c1-13(2)23-16-10-14(18(22)21-19-20-8-9-25-19)11-17(12-16)24-15-6-4-3-5-7-15/h3-13H,1-2H3,(H,20,21,22). The molecule has 0 bridgehead atoms. The fraction of sp³-hybridized carbons (Fsp3) is 0.158. The second-order valence-electron chi connectivity index (χ2n) is 5.57. The molecule has 0 spiro atoms. The molecular weight excluding hydrogens is 336 g/mol. The van der Waals surface area contributed by atoms with Crippen LogP contribution in [0.3, 0.4) is 0 Å². The number of carbonyl (C=O) groups excluding carboxylic acids is 1. The van der Waals surface area contributed by atoms with Crippen LogP contribution in [0.2, 0.25) is 0 Å². The minimum atomic E-state index is -0.262. The Hall–Kier alpha value is -2.86. The van der Waals surface area contributed by atoms with E-state index < -0.39 is 0 Å². The Morgan fingerprint density at radius 3 is 2.52 bits per heavy atom. The predicted octanol–water partition coefficient (Wildman–Crippen LogP) is 4.97. The van der Waals surface area contributed by atoms with E-state index in [1.807, 2.05) is 44.2 Å². The lowest BCUT2D eigenvalue weighted by atomic mass is 10.2. The zero-order valence-corrected chi connectivity index (χ0v) is 14.7. The number of anilines is 1. The van der Waals surface area contributed by atoms with Gasteiger partial charge in [0.25, 0.3) is 5.91 Å². The smallest absolute Gasteiger partial charge is 0.257 e. The van der Waals surface area contributed by atoms with Gasteiger partial charge in [-0.1, -0.05) is 18.2 Å². The highest BCUT2D eigenvalue weighted by Gasteiger charge is 2.13. The van der Waals surface area contributed by atoms with Crippen molar-refractivity contribution in [3.63, 3.8) is 0 Å². The molecule has 0 fully saturated rings. The third-order valence-corrected chi connectivity index (χ3v) is 3.83. The average molecular weight is 354 g/mol. The van der Waals surface area contributed by atoms with Gasteiger partial charge in [-0.2, -0.15) is 0 Å². The normalized spacial score (nSPS) is 10.5. The van der Waals surface area contributed by atoms with Crippen LogP contribution in [0, 0.1) is 0 Å². The Morgan fingerprint density at radius 1 is 1.08 bits per heavy atom. The largest absolute Gasteiger partial charge is 0.491 e. The van der Waals surface area contributed by atoms with Crippen LogP contribution in [0.4, 0.5) is 5.13 Å². The van der Waals surface area contributed by atoms with Gasteiger partial charge in [0.15, 0.2) is 5.13 Å². The lowest BCUT2D eigenvalue weighted by Crippen LogP contribution is -2.13. The molecule has 0 aliphatic heterocycles. The second kappa shape index (κ2) is 7.81. The lowest BCUT2D eigenvalue weighted by Gasteiger charge is -2.14. The molecule has 1 amide bonds. The van der Waals surface area contributed by atoms with Crippen LogP contribution in [0.25, 0.3) is 0 Å². The number of hydrogen-bond donors (Lipinski definition) is 1. The van der Waals surface area contributed by atoms with E-state index >= 15 is 0 Å². The summed E-state index contributed by atoms with van der Waals surface area (Å²) in [5.41, 5.74) is 0.444. The molecule has 0 radical (unpaired) electrons. The Balaban J connectivity index is 1.87. The van der Waals surface area contributed by atoms with Gasteiger partial charge in [-0.25, -0.2) is 4.98 Å². The minimum Gasteiger partial charge on any atom is -0.491 e. The van der Waals surface area contributed by atoms with Crippen molar-refractivity contribution in [1.29, 1.82) is 0 Å². The van der Waals surface area contributed by atoms with Gasteiger partial charge >= 0.3 is 0 Å². The molecule has 0 saturated carbocycles. The molecule has 0 aliphatic rings. The van der Waals surface area contributed by atoms with E-state index in [-0.39, 0.29) is 12.0 Å². The summed E-state index contributed by atoms with van der Waals surface area (Å²) in [6.45, 7) is 3.86. The maximum absolute atomic E-state index is 12.5. The molecule has 0 atom stereocenters. The van der Waals surface area contributed by atoms with Crippen molar-refractivity contribution in [1.82, 2.24) is 4.98 Å². The molecule has 1 N–H and O–H groups in total. The summed E-state index contributed by atoms with van der Waals surface area (Å²) in [4.78, 5) is 16.6. The molecule has 5 nitrogen and oxygen atoms in total. The summed E-state index contributed by atoms with van der Waals surface area (Å²) < 4.78 is 11.6. The van der Waals surface area contributed by atoms with Crippen molar-refractivity contribution in [3.8, 4) is 17.2 Å². The van der Waals surface area contributed by atoms with Crippen molar-refractivity contribution < 1.29 is 14.3 Å². The fourth-order valence-electron chi connectivity index (χ4n) is 2.18. The van der Waals surface area contributed by atoms with Gasteiger partial charge in [-0.15, -0.1) is 11.3 Å². The van der Waals surface area contributed by atoms with Gasteiger partial charge < -0.3 is 9.47 Å². The molecule has 2 aromatic carbocycles. The minimum absolute atomic E-state index is 0.0122. The number of ether oxygens (including phenoxy) is 2. The molecule has 1 heterocycles. The molecular formula is C19H18N2O3S. The molecule has 0 aliphatic carbocycles. The number of nitrogens with one attached hydrogen (secondary N) is 1. The van der Waals surface area contributed by atoms with Crippen molar-refractivity contribution in [2.45, 2.75) is 20.0 Å². The molecule has 1 aromatic heterocycles. The van der Waals surface area contributed by atoms with E-state index in [1.54, 1.807) is 29.8 Å². The predicted molar refractivity (Wildman–Crippen MR) is 98.8 cm³/mol. The first-order valence-electron chi connectivity index (χ1n) is 7.85. The monoisotopic (exact) mass is 354 g/mol. The molecule has 0 unspecified atom stereocenters. The maximum Gasteiger partial charge on any atom is 0.257 e.